The third kappa shape index (κ3) is 3.96. The summed E-state index contributed by atoms with van der Waals surface area (Å²) in [6.07, 6.45) is 4.34. The molecule has 2 aliphatic rings. The molecule has 2 aromatic heterocycles. The Morgan fingerprint density at radius 3 is 2.50 bits per heavy atom. The van der Waals surface area contributed by atoms with Gasteiger partial charge in [-0.05, 0) is 31.4 Å². The van der Waals surface area contributed by atoms with Gasteiger partial charge in [-0.3, -0.25) is 19.3 Å². The van der Waals surface area contributed by atoms with E-state index in [4.69, 9.17) is 5.73 Å². The number of nitrogens with zero attached hydrogens (tertiary/aromatic N) is 5. The van der Waals surface area contributed by atoms with Crippen molar-refractivity contribution >= 4 is 23.5 Å². The van der Waals surface area contributed by atoms with E-state index in [0.717, 1.165) is 30.2 Å². The van der Waals surface area contributed by atoms with Gasteiger partial charge >= 0.3 is 0 Å². The maximum absolute atomic E-state index is 12.9. The molecule has 1 saturated heterocycles. The van der Waals surface area contributed by atoms with Gasteiger partial charge < -0.3 is 15.2 Å². The number of rotatable bonds is 5. The van der Waals surface area contributed by atoms with Crippen LogP contribution in [0.3, 0.4) is 0 Å². The minimum absolute atomic E-state index is 0.0405. The molecule has 0 aliphatic carbocycles. The summed E-state index contributed by atoms with van der Waals surface area (Å²) in [5, 5.41) is 4.67. The first-order valence-electron chi connectivity index (χ1n) is 10.5. The normalized spacial score (nSPS) is 17.1. The molecule has 0 bridgehead atoms. The zero-order chi connectivity index (χ0) is 21.3. The van der Waals surface area contributed by atoms with E-state index >= 15 is 0 Å². The third-order valence-electron chi connectivity index (χ3n) is 6.10. The van der Waals surface area contributed by atoms with Crippen LogP contribution in [0.5, 0.6) is 0 Å². The smallest absolute Gasteiger partial charge is 0.228 e. The monoisotopic (exact) mass is 412 g/mol. The second kappa shape index (κ2) is 8.33. The van der Waals surface area contributed by atoms with Crippen molar-refractivity contribution in [1.82, 2.24) is 19.2 Å². The van der Waals surface area contributed by atoms with Crippen molar-refractivity contribution in [1.29, 1.82) is 0 Å². The fourth-order valence-corrected chi connectivity index (χ4v) is 4.31. The highest BCUT2D eigenvalue weighted by atomic mass is 16.2. The van der Waals surface area contributed by atoms with E-state index in [9.17, 15) is 14.4 Å². The molecule has 9 heteroatoms. The number of likely N-dealkylation sites (tertiary alicyclic amines) is 1. The number of piperidine rings is 1. The molecule has 0 saturated carbocycles. The van der Waals surface area contributed by atoms with Gasteiger partial charge in [-0.2, -0.15) is 5.10 Å². The van der Waals surface area contributed by atoms with E-state index in [2.05, 4.69) is 5.10 Å². The van der Waals surface area contributed by atoms with Crippen LogP contribution < -0.4 is 10.6 Å². The second-order valence-electron chi connectivity index (χ2n) is 8.07. The summed E-state index contributed by atoms with van der Waals surface area (Å²) in [6.45, 7) is 2.46. The molecule has 0 radical (unpaired) electrons. The van der Waals surface area contributed by atoms with Crippen LogP contribution in [0.1, 0.15) is 32.1 Å². The average Bonchev–Trinajstić information content (AvgIpc) is 3.37. The number of fused-ring (bicyclic) bond motifs is 1. The molecule has 0 spiro atoms. The van der Waals surface area contributed by atoms with E-state index in [1.54, 1.807) is 9.80 Å². The number of aromatic nitrogens is 3. The Kier molecular flexibility index (Phi) is 5.61. The van der Waals surface area contributed by atoms with E-state index in [-0.39, 0.29) is 36.5 Å². The van der Waals surface area contributed by atoms with Crippen molar-refractivity contribution < 1.29 is 14.4 Å². The molecule has 0 unspecified atom stereocenters. The lowest BCUT2D eigenvalue weighted by Crippen LogP contribution is -2.42. The van der Waals surface area contributed by atoms with Gasteiger partial charge in [-0.1, -0.05) is 0 Å². The van der Waals surface area contributed by atoms with E-state index in [0.29, 0.717) is 32.5 Å². The molecule has 2 N–H and O–H groups in total. The van der Waals surface area contributed by atoms with Crippen molar-refractivity contribution in [2.24, 2.45) is 18.7 Å². The van der Waals surface area contributed by atoms with Crippen molar-refractivity contribution in [2.75, 3.05) is 24.5 Å². The molecule has 0 atom stereocenters. The van der Waals surface area contributed by atoms with Crippen LogP contribution in [0.25, 0.3) is 11.4 Å². The van der Waals surface area contributed by atoms with Crippen molar-refractivity contribution in [3.05, 3.63) is 24.4 Å². The molecule has 0 aromatic carbocycles. The van der Waals surface area contributed by atoms with E-state index in [1.807, 2.05) is 40.7 Å². The Bertz CT molecular complexity index is 954. The van der Waals surface area contributed by atoms with Crippen LogP contribution in [0.15, 0.2) is 24.4 Å². The van der Waals surface area contributed by atoms with Gasteiger partial charge in [0.05, 0.1) is 5.69 Å². The van der Waals surface area contributed by atoms with Crippen LogP contribution in [0, 0.1) is 5.92 Å². The Morgan fingerprint density at radius 1 is 1.10 bits per heavy atom. The summed E-state index contributed by atoms with van der Waals surface area (Å²) in [5.74, 6) is 0.240. The number of carbonyl (C=O) groups excluding carboxylic acids is 3. The molecule has 1 fully saturated rings. The summed E-state index contributed by atoms with van der Waals surface area (Å²) in [5.41, 5.74) is 7.19. The number of aryl methyl sites for hydroxylation is 2. The number of primary amides is 1. The zero-order valence-electron chi connectivity index (χ0n) is 17.3. The fraction of sp³-hybridized carbons (Fsp3) is 0.524. The minimum atomic E-state index is -0.298. The zero-order valence-corrected chi connectivity index (χ0v) is 17.3. The predicted octanol–water partition coefficient (Wildman–Crippen LogP) is 1.13. The molecular weight excluding hydrogens is 384 g/mol. The van der Waals surface area contributed by atoms with Crippen LogP contribution in [-0.4, -0.2) is 56.6 Å². The summed E-state index contributed by atoms with van der Waals surface area (Å²) in [6, 6.07) is 5.91. The molecule has 160 valence electrons. The van der Waals surface area contributed by atoms with E-state index < -0.39 is 0 Å². The highest BCUT2D eigenvalue weighted by Crippen LogP contribution is 2.28. The molecular formula is C21H28N6O3. The van der Waals surface area contributed by atoms with Crippen LogP contribution in [0.2, 0.25) is 0 Å². The first-order valence-corrected chi connectivity index (χ1v) is 10.5. The summed E-state index contributed by atoms with van der Waals surface area (Å²) in [7, 11) is 1.97. The van der Waals surface area contributed by atoms with Crippen LogP contribution in [0.4, 0.5) is 5.82 Å². The van der Waals surface area contributed by atoms with E-state index in [1.165, 1.54) is 0 Å². The van der Waals surface area contributed by atoms with Crippen molar-refractivity contribution in [3.63, 3.8) is 0 Å². The largest absolute Gasteiger partial charge is 0.369 e. The Morgan fingerprint density at radius 2 is 1.83 bits per heavy atom. The standard InChI is InChI=1S/C21H28N6O3/c1-24-9-2-4-17(24)16-14-18-26(10-3-11-27(18)23-16)20(29)6-5-19(28)25-12-7-15(8-13-25)21(22)30/h2,4,9,14-15H,3,5-8,10-13H2,1H3,(H2,22,30). The first kappa shape index (κ1) is 20.2. The lowest BCUT2D eigenvalue weighted by molar-refractivity contribution is -0.136. The van der Waals surface area contributed by atoms with Gasteiger partial charge in [0.15, 0.2) is 0 Å². The number of hydrogen-bond donors (Lipinski definition) is 1. The Balaban J connectivity index is 1.37. The fourth-order valence-electron chi connectivity index (χ4n) is 4.31. The summed E-state index contributed by atoms with van der Waals surface area (Å²) in [4.78, 5) is 40.2. The van der Waals surface area contributed by atoms with Gasteiger partial charge in [0, 0.05) is 64.2 Å². The van der Waals surface area contributed by atoms with Gasteiger partial charge in [0.1, 0.15) is 11.5 Å². The van der Waals surface area contributed by atoms with Gasteiger partial charge in [-0.25, -0.2) is 4.68 Å². The summed E-state index contributed by atoms with van der Waals surface area (Å²) >= 11 is 0. The first-order chi connectivity index (χ1) is 14.4. The van der Waals surface area contributed by atoms with Crippen molar-refractivity contribution in [3.8, 4) is 11.4 Å². The quantitative estimate of drug-likeness (QED) is 0.794. The number of anilines is 1. The summed E-state index contributed by atoms with van der Waals surface area (Å²) < 4.78 is 3.88. The number of hydrogen-bond acceptors (Lipinski definition) is 4. The highest BCUT2D eigenvalue weighted by Gasteiger charge is 2.28. The van der Waals surface area contributed by atoms with Crippen molar-refractivity contribution in [2.45, 2.75) is 38.6 Å². The lowest BCUT2D eigenvalue weighted by atomic mass is 9.96. The second-order valence-corrected chi connectivity index (χ2v) is 8.07. The SMILES string of the molecule is Cn1cccc1-c1cc2n(n1)CCCN2C(=O)CCC(=O)N1CCC(C(N)=O)CC1. The molecule has 2 aromatic rings. The Labute approximate surface area is 175 Å². The van der Waals surface area contributed by atoms with Crippen LogP contribution >= 0.6 is 0 Å². The minimum Gasteiger partial charge on any atom is -0.369 e. The molecule has 4 heterocycles. The van der Waals surface area contributed by atoms with Gasteiger partial charge in [-0.15, -0.1) is 0 Å². The molecule has 30 heavy (non-hydrogen) atoms. The highest BCUT2D eigenvalue weighted by molar-refractivity contribution is 5.95. The maximum Gasteiger partial charge on any atom is 0.228 e. The number of carbonyl (C=O) groups is 3. The lowest BCUT2D eigenvalue weighted by Gasteiger charge is -2.31. The number of amides is 3. The van der Waals surface area contributed by atoms with Gasteiger partial charge in [0.2, 0.25) is 17.7 Å². The molecule has 9 nitrogen and oxygen atoms in total. The van der Waals surface area contributed by atoms with Crippen LogP contribution in [-0.2, 0) is 28.0 Å². The Hall–Kier alpha value is -3.10. The number of nitrogens with two attached hydrogens (primary N) is 1. The van der Waals surface area contributed by atoms with Gasteiger partial charge in [0.25, 0.3) is 0 Å². The molecule has 2 aliphatic heterocycles. The average molecular weight is 412 g/mol. The molecule has 4 rings (SSSR count). The topological polar surface area (TPSA) is 106 Å². The third-order valence-corrected chi connectivity index (χ3v) is 6.10. The maximum atomic E-state index is 12.9. The predicted molar refractivity (Wildman–Crippen MR) is 111 cm³/mol. The molecule has 3 amide bonds.